The maximum Gasteiger partial charge on any atom is 0.322 e. The molecule has 1 aromatic rings. The van der Waals surface area contributed by atoms with E-state index in [4.69, 9.17) is 0 Å². The molecule has 2 saturated heterocycles. The van der Waals surface area contributed by atoms with Crippen LogP contribution in [0.5, 0.6) is 0 Å². The van der Waals surface area contributed by atoms with E-state index in [0.29, 0.717) is 24.9 Å². The molecule has 2 heterocycles. The van der Waals surface area contributed by atoms with E-state index in [2.05, 4.69) is 26.6 Å². The minimum Gasteiger partial charge on any atom is -0.336 e. The molecule has 7 heteroatoms. The Bertz CT molecular complexity index is 616. The van der Waals surface area contributed by atoms with Crippen molar-refractivity contribution in [3.05, 3.63) is 34.3 Å². The predicted molar refractivity (Wildman–Crippen MR) is 78.7 cm³/mol. The first-order valence-electron chi connectivity index (χ1n) is 6.69. The third-order valence-electron chi connectivity index (χ3n) is 3.89. The van der Waals surface area contributed by atoms with E-state index >= 15 is 0 Å². The van der Waals surface area contributed by atoms with Crippen LogP contribution in [0.1, 0.15) is 23.2 Å². The van der Waals surface area contributed by atoms with Gasteiger partial charge in [-0.05, 0) is 37.1 Å². The average molecular weight is 352 g/mol. The van der Waals surface area contributed by atoms with Crippen LogP contribution < -0.4 is 10.6 Å². The van der Waals surface area contributed by atoms with E-state index in [1.54, 1.807) is 29.2 Å². The highest BCUT2D eigenvalue weighted by Crippen LogP contribution is 2.25. The first kappa shape index (κ1) is 14.1. The van der Waals surface area contributed by atoms with E-state index in [1.807, 2.05) is 0 Å². The molecule has 21 heavy (non-hydrogen) atoms. The van der Waals surface area contributed by atoms with Crippen molar-refractivity contribution in [1.29, 1.82) is 0 Å². The molecule has 2 aliphatic heterocycles. The lowest BCUT2D eigenvalue weighted by Gasteiger charge is -2.38. The fourth-order valence-corrected chi connectivity index (χ4v) is 3.08. The second-order valence-electron chi connectivity index (χ2n) is 5.33. The SMILES string of the molecule is O=C1NC(=O)C2(CCCN(C(=O)c3ccc(Br)cc3)C2)N1. The van der Waals surface area contributed by atoms with Gasteiger partial charge in [-0.2, -0.15) is 0 Å². The minimum atomic E-state index is -0.972. The molecule has 2 fully saturated rings. The van der Waals surface area contributed by atoms with E-state index < -0.39 is 11.6 Å². The highest BCUT2D eigenvalue weighted by Gasteiger charge is 2.49. The summed E-state index contributed by atoms with van der Waals surface area (Å²) in [5, 5.41) is 4.91. The molecule has 1 atom stereocenters. The summed E-state index contributed by atoms with van der Waals surface area (Å²) in [4.78, 5) is 37.5. The molecule has 110 valence electrons. The van der Waals surface area contributed by atoms with Crippen molar-refractivity contribution in [3.63, 3.8) is 0 Å². The zero-order valence-corrected chi connectivity index (χ0v) is 12.8. The summed E-state index contributed by atoms with van der Waals surface area (Å²) >= 11 is 3.33. The summed E-state index contributed by atoms with van der Waals surface area (Å²) in [7, 11) is 0. The number of amides is 4. The maximum absolute atomic E-state index is 12.5. The fraction of sp³-hybridized carbons (Fsp3) is 0.357. The smallest absolute Gasteiger partial charge is 0.322 e. The Balaban J connectivity index is 1.80. The number of nitrogens with one attached hydrogen (secondary N) is 2. The molecule has 0 saturated carbocycles. The molecule has 0 radical (unpaired) electrons. The standard InChI is InChI=1S/C14H14BrN3O3/c15-10-4-2-9(3-5-10)11(19)18-7-1-6-14(8-18)12(20)16-13(21)17-14/h2-5H,1,6-8H2,(H2,16,17,20,21). The van der Waals surface area contributed by atoms with Gasteiger partial charge < -0.3 is 10.2 Å². The Morgan fingerprint density at radius 2 is 1.95 bits per heavy atom. The number of carbonyl (C=O) groups is 3. The van der Waals surface area contributed by atoms with E-state index in [-0.39, 0.29) is 18.4 Å². The number of benzene rings is 1. The Morgan fingerprint density at radius 3 is 2.57 bits per heavy atom. The van der Waals surface area contributed by atoms with E-state index in [9.17, 15) is 14.4 Å². The van der Waals surface area contributed by atoms with Crippen LogP contribution >= 0.6 is 15.9 Å². The van der Waals surface area contributed by atoms with Crippen LogP contribution in [0.2, 0.25) is 0 Å². The highest BCUT2D eigenvalue weighted by atomic mass is 79.9. The normalized spacial score (nSPS) is 24.9. The van der Waals surface area contributed by atoms with Gasteiger partial charge in [0.05, 0.1) is 6.54 Å². The van der Waals surface area contributed by atoms with Crippen molar-refractivity contribution >= 4 is 33.8 Å². The molecular weight excluding hydrogens is 338 g/mol. The lowest BCUT2D eigenvalue weighted by molar-refractivity contribution is -0.125. The number of likely N-dealkylation sites (tertiary alicyclic amines) is 1. The molecule has 1 spiro atoms. The van der Waals surface area contributed by atoms with Crippen molar-refractivity contribution in [2.45, 2.75) is 18.4 Å². The van der Waals surface area contributed by atoms with Gasteiger partial charge in [0.15, 0.2) is 0 Å². The monoisotopic (exact) mass is 351 g/mol. The van der Waals surface area contributed by atoms with E-state index in [1.165, 1.54) is 0 Å². The van der Waals surface area contributed by atoms with Crippen molar-refractivity contribution in [2.75, 3.05) is 13.1 Å². The Kier molecular flexibility index (Phi) is 3.44. The number of carbonyl (C=O) groups excluding carboxylic acids is 3. The summed E-state index contributed by atoms with van der Waals surface area (Å²) in [6.45, 7) is 0.791. The van der Waals surface area contributed by atoms with Crippen molar-refractivity contribution in [2.24, 2.45) is 0 Å². The molecule has 6 nitrogen and oxygen atoms in total. The average Bonchev–Trinajstić information content (AvgIpc) is 2.73. The second-order valence-corrected chi connectivity index (χ2v) is 6.24. The van der Waals surface area contributed by atoms with Gasteiger partial charge in [0.1, 0.15) is 5.54 Å². The zero-order valence-electron chi connectivity index (χ0n) is 11.2. The number of halogens is 1. The first-order valence-corrected chi connectivity index (χ1v) is 7.48. The molecule has 4 amide bonds. The summed E-state index contributed by atoms with van der Waals surface area (Å²) in [6.07, 6.45) is 1.23. The lowest BCUT2D eigenvalue weighted by atomic mass is 9.89. The van der Waals surface area contributed by atoms with Crippen LogP contribution in [0.25, 0.3) is 0 Å². The van der Waals surface area contributed by atoms with Gasteiger partial charge in [0, 0.05) is 16.6 Å². The minimum absolute atomic E-state index is 0.129. The molecule has 2 N–H and O–H groups in total. The van der Waals surface area contributed by atoms with Crippen molar-refractivity contribution in [1.82, 2.24) is 15.5 Å². The second kappa shape index (κ2) is 5.14. The van der Waals surface area contributed by atoms with Gasteiger partial charge in [-0.25, -0.2) is 4.79 Å². The maximum atomic E-state index is 12.5. The summed E-state index contributed by atoms with van der Waals surface area (Å²) < 4.78 is 0.900. The Labute approximate surface area is 130 Å². The zero-order chi connectivity index (χ0) is 15.0. The summed E-state index contributed by atoms with van der Waals surface area (Å²) in [6, 6.07) is 6.59. The van der Waals surface area contributed by atoms with Crippen LogP contribution in [-0.4, -0.2) is 41.4 Å². The van der Waals surface area contributed by atoms with Crippen LogP contribution in [0.4, 0.5) is 4.79 Å². The summed E-state index contributed by atoms with van der Waals surface area (Å²) in [5.74, 6) is -0.476. The van der Waals surface area contributed by atoms with Crippen LogP contribution in [-0.2, 0) is 4.79 Å². The van der Waals surface area contributed by atoms with E-state index in [0.717, 1.165) is 4.47 Å². The fourth-order valence-electron chi connectivity index (χ4n) is 2.82. The van der Waals surface area contributed by atoms with Gasteiger partial charge in [-0.1, -0.05) is 15.9 Å². The van der Waals surface area contributed by atoms with Crippen molar-refractivity contribution in [3.8, 4) is 0 Å². The van der Waals surface area contributed by atoms with Gasteiger partial charge in [-0.3, -0.25) is 14.9 Å². The van der Waals surface area contributed by atoms with Crippen LogP contribution in [0.15, 0.2) is 28.7 Å². The first-order chi connectivity index (χ1) is 10.00. The Morgan fingerprint density at radius 1 is 1.24 bits per heavy atom. The number of hydrogen-bond donors (Lipinski definition) is 2. The molecule has 0 aliphatic carbocycles. The number of piperidine rings is 1. The topological polar surface area (TPSA) is 78.5 Å². The number of hydrogen-bond acceptors (Lipinski definition) is 3. The van der Waals surface area contributed by atoms with Gasteiger partial charge in [0.2, 0.25) is 0 Å². The van der Waals surface area contributed by atoms with Crippen LogP contribution in [0.3, 0.4) is 0 Å². The highest BCUT2D eigenvalue weighted by molar-refractivity contribution is 9.10. The third-order valence-corrected chi connectivity index (χ3v) is 4.41. The number of urea groups is 1. The molecular formula is C14H14BrN3O3. The number of nitrogens with zero attached hydrogens (tertiary/aromatic N) is 1. The van der Waals surface area contributed by atoms with Gasteiger partial charge >= 0.3 is 6.03 Å². The third kappa shape index (κ3) is 2.53. The molecule has 3 rings (SSSR count). The van der Waals surface area contributed by atoms with Gasteiger partial charge in [0.25, 0.3) is 11.8 Å². The molecule has 0 aromatic heterocycles. The number of imide groups is 1. The number of rotatable bonds is 1. The van der Waals surface area contributed by atoms with Crippen molar-refractivity contribution < 1.29 is 14.4 Å². The molecule has 1 aromatic carbocycles. The lowest BCUT2D eigenvalue weighted by Crippen LogP contribution is -2.59. The molecule has 1 unspecified atom stereocenters. The Hall–Kier alpha value is -1.89. The summed E-state index contributed by atoms with van der Waals surface area (Å²) in [5.41, 5.74) is -0.402. The molecule has 0 bridgehead atoms. The predicted octanol–water partition coefficient (Wildman–Crippen LogP) is 1.26. The van der Waals surface area contributed by atoms with Crippen LogP contribution in [0, 0.1) is 0 Å². The largest absolute Gasteiger partial charge is 0.336 e. The quantitative estimate of drug-likeness (QED) is 0.747. The molecule has 2 aliphatic rings. The van der Waals surface area contributed by atoms with Gasteiger partial charge in [-0.15, -0.1) is 0 Å².